The molecule has 0 fully saturated rings. The second kappa shape index (κ2) is 8.82. The average molecular weight is 518 g/mol. The van der Waals surface area contributed by atoms with Crippen molar-refractivity contribution in [2.75, 3.05) is 0 Å². The van der Waals surface area contributed by atoms with Crippen LogP contribution >= 0.6 is 5.51 Å². The Labute approximate surface area is 207 Å². The van der Waals surface area contributed by atoms with E-state index in [9.17, 15) is 0 Å². The van der Waals surface area contributed by atoms with Crippen LogP contribution in [-0.2, 0) is 0 Å². The molecule has 34 heavy (non-hydrogen) atoms. The van der Waals surface area contributed by atoms with Gasteiger partial charge in [-0.3, -0.25) is 0 Å². The van der Waals surface area contributed by atoms with Gasteiger partial charge in [-0.1, -0.05) is 0 Å². The molecule has 5 aromatic carbocycles. The van der Waals surface area contributed by atoms with E-state index in [1.54, 1.807) is 0 Å². The van der Waals surface area contributed by atoms with Gasteiger partial charge in [0, 0.05) is 0 Å². The number of aromatic nitrogens is 1. The first-order chi connectivity index (χ1) is 16.7. The Morgan fingerprint density at radius 2 is 1.24 bits per heavy atom. The van der Waals surface area contributed by atoms with Crippen LogP contribution in [0.1, 0.15) is 0 Å². The molecule has 0 amide bonds. The molecule has 1 heterocycles. The molecule has 1 aromatic heterocycles. The fourth-order valence-corrected chi connectivity index (χ4v) is 9.57. The molecule has 0 saturated carbocycles. The van der Waals surface area contributed by atoms with Gasteiger partial charge in [0.25, 0.3) is 0 Å². The summed E-state index contributed by atoms with van der Waals surface area (Å²) in [6.45, 7) is 0. The molecule has 0 aliphatic carbocycles. The van der Waals surface area contributed by atoms with Gasteiger partial charge in [0.2, 0.25) is 0 Å². The van der Waals surface area contributed by atoms with Gasteiger partial charge in [0.15, 0.2) is 0 Å². The van der Waals surface area contributed by atoms with E-state index in [4.69, 9.17) is 0 Å². The summed E-state index contributed by atoms with van der Waals surface area (Å²) in [6, 6.07) is 46.0. The Kier molecular flexibility index (Phi) is 5.52. The van der Waals surface area contributed by atoms with Crippen molar-refractivity contribution in [3.05, 3.63) is 134 Å². The van der Waals surface area contributed by atoms with Crippen molar-refractivity contribution in [1.29, 1.82) is 0 Å². The molecular weight excluding hydrogens is 496 g/mol. The van der Waals surface area contributed by atoms with Crippen molar-refractivity contribution in [3.8, 4) is 11.1 Å². The summed E-state index contributed by atoms with van der Waals surface area (Å²) in [4.78, 5) is 4.53. The summed E-state index contributed by atoms with van der Waals surface area (Å²) in [5.74, 6) is 0. The van der Waals surface area contributed by atoms with Crippen LogP contribution in [0.25, 0.3) is 32.8 Å². The maximum absolute atomic E-state index is 4.53. The van der Waals surface area contributed by atoms with E-state index >= 15 is 0 Å². The molecule has 0 aliphatic heterocycles. The molecule has 1 nitrogen and oxygen atoms in total. The molecule has 3 heteroatoms. The minimum absolute atomic E-state index is 1.02. The van der Waals surface area contributed by atoms with Crippen LogP contribution in [-0.4, -0.2) is 20.1 Å². The predicted octanol–water partition coefficient (Wildman–Crippen LogP) is 6.43. The summed E-state index contributed by atoms with van der Waals surface area (Å²) in [5.41, 5.74) is 1.52. The molecule has 0 N–H and O–H groups in total. The molecule has 0 bridgehead atoms. The van der Waals surface area contributed by atoms with Crippen molar-refractivity contribution in [3.63, 3.8) is 0 Å². The van der Waals surface area contributed by atoms with Crippen molar-refractivity contribution < 1.29 is 0 Å². The van der Waals surface area contributed by atoms with E-state index in [0.29, 0.717) is 0 Å². The first kappa shape index (κ1) is 21.3. The fourth-order valence-electron chi connectivity index (χ4n) is 4.66. The first-order valence-corrected chi connectivity index (χ1v) is 15.3. The summed E-state index contributed by atoms with van der Waals surface area (Å²) in [5, 5.41) is 7.74. The SMILES string of the molecule is [Se]=P(c1ccccc1)(c1ccc(-c2cccc3ncccc23)cc1)c1ccc2ccccc2c1. The molecule has 6 aromatic rings. The monoisotopic (exact) mass is 519 g/mol. The second-order valence-corrected chi connectivity index (χ2v) is 14.6. The number of rotatable bonds is 4. The molecule has 0 radical (unpaired) electrons. The zero-order chi connectivity index (χ0) is 23.0. The van der Waals surface area contributed by atoms with Crippen molar-refractivity contribution in [2.45, 2.75) is 0 Å². The fraction of sp³-hybridized carbons (Fsp3) is 0. The van der Waals surface area contributed by atoms with E-state index in [1.165, 1.54) is 43.2 Å². The normalized spacial score (nSPS) is 13.1. The molecular formula is C31H22NPSe. The van der Waals surface area contributed by atoms with Crippen molar-refractivity contribution >= 4 is 58.2 Å². The number of pyridine rings is 1. The zero-order valence-corrected chi connectivity index (χ0v) is 21.1. The molecule has 6 rings (SSSR count). The van der Waals surface area contributed by atoms with E-state index < -0.39 is 5.51 Å². The van der Waals surface area contributed by atoms with Crippen LogP contribution in [0.5, 0.6) is 0 Å². The van der Waals surface area contributed by atoms with Gasteiger partial charge >= 0.3 is 208 Å². The average Bonchev–Trinajstić information content (AvgIpc) is 2.92. The first-order valence-electron chi connectivity index (χ1n) is 11.3. The number of fused-ring (bicyclic) bond motifs is 2. The van der Waals surface area contributed by atoms with E-state index in [2.05, 4.69) is 141 Å². The van der Waals surface area contributed by atoms with Crippen LogP contribution in [0.2, 0.25) is 0 Å². The van der Waals surface area contributed by atoms with Gasteiger partial charge in [-0.25, -0.2) is 0 Å². The zero-order valence-electron chi connectivity index (χ0n) is 18.5. The standard InChI is InChI=1S/C31H22NPSe/c34-33(26-10-2-1-3-11-26,28-20-15-23-8-4-5-9-25(23)22-28)27-18-16-24(17-19-27)29-12-6-14-31-30(29)13-7-21-32-31/h1-22H. The van der Waals surface area contributed by atoms with Gasteiger partial charge in [-0.15, -0.1) is 0 Å². The summed E-state index contributed by atoms with van der Waals surface area (Å²) in [7, 11) is 0. The quantitative estimate of drug-likeness (QED) is 0.194. The van der Waals surface area contributed by atoms with Crippen LogP contribution in [0.4, 0.5) is 0 Å². The van der Waals surface area contributed by atoms with Gasteiger partial charge in [0.1, 0.15) is 0 Å². The Hall–Kier alpha value is -3.28. The topological polar surface area (TPSA) is 12.9 Å². The molecule has 1 atom stereocenters. The molecule has 162 valence electrons. The Morgan fingerprint density at radius 3 is 2.06 bits per heavy atom. The predicted molar refractivity (Wildman–Crippen MR) is 149 cm³/mol. The maximum atomic E-state index is 4.53. The summed E-state index contributed by atoms with van der Waals surface area (Å²) >= 11 is 3.69. The third kappa shape index (κ3) is 3.65. The Morgan fingerprint density at radius 1 is 0.529 bits per heavy atom. The van der Waals surface area contributed by atoms with Crippen LogP contribution in [0.15, 0.2) is 134 Å². The Balaban J connectivity index is 1.51. The van der Waals surface area contributed by atoms with E-state index in [1.807, 2.05) is 12.3 Å². The Bertz CT molecular complexity index is 1670. The van der Waals surface area contributed by atoms with Gasteiger partial charge in [-0.05, 0) is 0 Å². The van der Waals surface area contributed by atoms with Gasteiger partial charge in [0.05, 0.1) is 0 Å². The molecule has 1 unspecified atom stereocenters. The van der Waals surface area contributed by atoms with E-state index in [-0.39, 0.29) is 0 Å². The number of hydrogen-bond acceptors (Lipinski definition) is 1. The number of benzene rings is 5. The second-order valence-electron chi connectivity index (χ2n) is 8.40. The molecule has 0 spiro atoms. The van der Waals surface area contributed by atoms with Crippen molar-refractivity contribution in [2.24, 2.45) is 0 Å². The van der Waals surface area contributed by atoms with Crippen LogP contribution in [0.3, 0.4) is 0 Å². The third-order valence-electron chi connectivity index (χ3n) is 6.40. The number of hydrogen-bond donors (Lipinski definition) is 0. The third-order valence-corrected chi connectivity index (χ3v) is 13.4. The molecule has 0 saturated heterocycles. The molecule has 0 aliphatic rings. The van der Waals surface area contributed by atoms with Gasteiger partial charge < -0.3 is 0 Å². The van der Waals surface area contributed by atoms with Crippen LogP contribution < -0.4 is 15.9 Å². The van der Waals surface area contributed by atoms with Gasteiger partial charge in [-0.2, -0.15) is 0 Å². The minimum atomic E-state index is -1.93. The number of nitrogens with zero attached hydrogens (tertiary/aromatic N) is 1. The summed E-state index contributed by atoms with van der Waals surface area (Å²) in [6.07, 6.45) is 1.85. The van der Waals surface area contributed by atoms with Crippen LogP contribution in [0, 0.1) is 0 Å². The van der Waals surface area contributed by atoms with Crippen molar-refractivity contribution in [1.82, 2.24) is 4.98 Å². The van der Waals surface area contributed by atoms with E-state index in [0.717, 1.165) is 5.52 Å². The summed E-state index contributed by atoms with van der Waals surface area (Å²) < 4.78 is 0.